The number of carbonyl (C=O) groups is 1. The molecule has 1 amide bonds. The van der Waals surface area contributed by atoms with Gasteiger partial charge in [-0.2, -0.15) is 9.40 Å². The Balaban J connectivity index is 1.73. The van der Waals surface area contributed by atoms with Crippen molar-refractivity contribution in [3.63, 3.8) is 0 Å². The summed E-state index contributed by atoms with van der Waals surface area (Å²) in [6.45, 7) is 1.68. The van der Waals surface area contributed by atoms with E-state index in [1.165, 1.54) is 16.9 Å². The molecule has 1 aromatic heterocycles. The summed E-state index contributed by atoms with van der Waals surface area (Å²) in [7, 11) is -3.36. The quantitative estimate of drug-likeness (QED) is 0.787. The number of nitrogens with zero attached hydrogens (tertiary/aromatic N) is 5. The summed E-state index contributed by atoms with van der Waals surface area (Å²) in [5.74, 6) is -0.0695. The largest absolute Gasteiger partial charge is 0.339 e. The second-order valence-corrected chi connectivity index (χ2v) is 8.28. The lowest BCUT2D eigenvalue weighted by Gasteiger charge is -2.39. The molecule has 0 bridgehead atoms. The smallest absolute Gasteiger partial charge is 0.241 e. The van der Waals surface area contributed by atoms with Crippen LogP contribution in [-0.4, -0.2) is 70.2 Å². The van der Waals surface area contributed by atoms with Gasteiger partial charge in [-0.3, -0.25) is 4.79 Å². The van der Waals surface area contributed by atoms with E-state index in [9.17, 15) is 13.2 Å². The van der Waals surface area contributed by atoms with Crippen LogP contribution in [-0.2, 0) is 14.8 Å². The number of carbonyl (C=O) groups excluding carboxylic acids is 1. The summed E-state index contributed by atoms with van der Waals surface area (Å²) in [5.41, 5.74) is 0. The number of sulfonamides is 1. The minimum absolute atomic E-state index is 0.0695. The molecule has 2 aliphatic heterocycles. The van der Waals surface area contributed by atoms with Gasteiger partial charge in [-0.15, -0.1) is 0 Å². The van der Waals surface area contributed by atoms with Gasteiger partial charge in [-0.05, 0) is 25.7 Å². The fraction of sp³-hybridized carbons (Fsp3) is 0.786. The molecular weight excluding hydrogens is 318 g/mol. The summed E-state index contributed by atoms with van der Waals surface area (Å²) in [6, 6.07) is -0.432. The van der Waals surface area contributed by atoms with Crippen LogP contribution >= 0.6 is 0 Å². The first-order valence-electron chi connectivity index (χ1n) is 8.06. The zero-order valence-corrected chi connectivity index (χ0v) is 14.2. The maximum Gasteiger partial charge on any atom is 0.241 e. The predicted octanol–water partition coefficient (Wildman–Crippen LogP) is 0.256. The van der Waals surface area contributed by atoms with E-state index in [1.54, 1.807) is 15.9 Å². The zero-order valence-electron chi connectivity index (χ0n) is 13.3. The Bertz CT molecular complexity index is 645. The van der Waals surface area contributed by atoms with E-state index in [4.69, 9.17) is 0 Å². The molecule has 1 aromatic rings. The third kappa shape index (κ3) is 3.55. The average molecular weight is 341 g/mol. The van der Waals surface area contributed by atoms with Crippen molar-refractivity contribution >= 4 is 15.9 Å². The molecule has 2 fully saturated rings. The summed E-state index contributed by atoms with van der Waals surface area (Å²) in [4.78, 5) is 18.7. The lowest BCUT2D eigenvalue weighted by molar-refractivity contribution is -0.138. The van der Waals surface area contributed by atoms with Crippen LogP contribution < -0.4 is 0 Å². The van der Waals surface area contributed by atoms with Crippen molar-refractivity contribution in [2.45, 2.75) is 44.2 Å². The molecule has 0 aliphatic carbocycles. The Labute approximate surface area is 136 Å². The van der Waals surface area contributed by atoms with Gasteiger partial charge >= 0.3 is 0 Å². The fourth-order valence-corrected chi connectivity index (χ4v) is 4.65. The van der Waals surface area contributed by atoms with Crippen LogP contribution in [0.25, 0.3) is 0 Å². The highest BCUT2D eigenvalue weighted by molar-refractivity contribution is 7.88. The molecule has 128 valence electrons. The van der Waals surface area contributed by atoms with Crippen molar-refractivity contribution in [1.82, 2.24) is 24.0 Å². The Hall–Kier alpha value is -1.48. The van der Waals surface area contributed by atoms with Crippen LogP contribution in [0.4, 0.5) is 0 Å². The standard InChI is InChI=1S/C14H23N5O3S/c1-23(21,22)19-8-3-2-6-13(19)14(20)17-7-4-5-12(9-17)18-11-15-10-16-18/h10-13H,2-9H2,1H3. The first-order chi connectivity index (χ1) is 11.0. The third-order valence-electron chi connectivity index (χ3n) is 4.68. The number of likely N-dealkylation sites (tertiary alicyclic amines) is 1. The lowest BCUT2D eigenvalue weighted by atomic mass is 10.0. The molecule has 9 heteroatoms. The molecule has 0 aromatic carbocycles. The number of aromatic nitrogens is 3. The Morgan fingerprint density at radius 1 is 1.17 bits per heavy atom. The van der Waals surface area contributed by atoms with E-state index in [0.29, 0.717) is 26.1 Å². The van der Waals surface area contributed by atoms with E-state index in [-0.39, 0.29) is 11.9 Å². The summed E-state index contributed by atoms with van der Waals surface area (Å²) in [6.07, 6.45) is 8.51. The second-order valence-electron chi connectivity index (χ2n) is 6.34. The van der Waals surface area contributed by atoms with Gasteiger partial charge < -0.3 is 4.90 Å². The highest BCUT2D eigenvalue weighted by Gasteiger charge is 2.38. The van der Waals surface area contributed by atoms with Crippen LogP contribution in [0.3, 0.4) is 0 Å². The van der Waals surface area contributed by atoms with E-state index >= 15 is 0 Å². The molecule has 0 N–H and O–H groups in total. The molecule has 2 saturated heterocycles. The topological polar surface area (TPSA) is 88.4 Å². The summed E-state index contributed by atoms with van der Waals surface area (Å²) in [5, 5.41) is 4.16. The fourth-order valence-electron chi connectivity index (χ4n) is 3.54. The van der Waals surface area contributed by atoms with E-state index < -0.39 is 16.1 Å². The van der Waals surface area contributed by atoms with Gasteiger partial charge in [0.05, 0.1) is 12.3 Å². The van der Waals surface area contributed by atoms with Crippen LogP contribution in [0, 0.1) is 0 Å². The monoisotopic (exact) mass is 341 g/mol. The predicted molar refractivity (Wildman–Crippen MR) is 84.1 cm³/mol. The second kappa shape index (κ2) is 6.56. The molecular formula is C14H23N5O3S. The zero-order chi connectivity index (χ0) is 16.4. The minimum Gasteiger partial charge on any atom is -0.339 e. The van der Waals surface area contributed by atoms with Gasteiger partial charge in [0, 0.05) is 19.6 Å². The van der Waals surface area contributed by atoms with Gasteiger partial charge in [-0.1, -0.05) is 6.42 Å². The number of hydrogen-bond acceptors (Lipinski definition) is 5. The highest BCUT2D eigenvalue weighted by atomic mass is 32.2. The van der Waals surface area contributed by atoms with Gasteiger partial charge in [0.15, 0.2) is 0 Å². The molecule has 0 saturated carbocycles. The first-order valence-corrected chi connectivity index (χ1v) is 9.91. The molecule has 2 unspecified atom stereocenters. The Morgan fingerprint density at radius 2 is 2.00 bits per heavy atom. The van der Waals surface area contributed by atoms with E-state index in [1.807, 2.05) is 0 Å². The molecule has 2 aliphatic rings. The van der Waals surface area contributed by atoms with Crippen molar-refractivity contribution in [3.8, 4) is 0 Å². The molecule has 0 spiro atoms. The number of amides is 1. The lowest BCUT2D eigenvalue weighted by Crippen LogP contribution is -2.54. The van der Waals surface area contributed by atoms with Crippen LogP contribution in [0.2, 0.25) is 0 Å². The summed E-state index contributed by atoms with van der Waals surface area (Å²) >= 11 is 0. The van der Waals surface area contributed by atoms with Crippen molar-refractivity contribution in [2.75, 3.05) is 25.9 Å². The number of hydrogen-bond donors (Lipinski definition) is 0. The van der Waals surface area contributed by atoms with E-state index in [0.717, 1.165) is 25.7 Å². The summed E-state index contributed by atoms with van der Waals surface area (Å²) < 4.78 is 27.1. The Kier molecular flexibility index (Phi) is 4.67. The van der Waals surface area contributed by atoms with Crippen molar-refractivity contribution < 1.29 is 13.2 Å². The number of piperidine rings is 2. The average Bonchev–Trinajstić information content (AvgIpc) is 3.08. The van der Waals surface area contributed by atoms with Crippen molar-refractivity contribution in [3.05, 3.63) is 12.7 Å². The maximum absolute atomic E-state index is 12.9. The molecule has 2 atom stereocenters. The molecule has 0 radical (unpaired) electrons. The highest BCUT2D eigenvalue weighted by Crippen LogP contribution is 2.25. The van der Waals surface area contributed by atoms with Gasteiger partial charge in [0.2, 0.25) is 15.9 Å². The SMILES string of the molecule is CS(=O)(=O)N1CCCCC1C(=O)N1CCCC(n2cncn2)C1. The first kappa shape index (κ1) is 16.4. The number of rotatable bonds is 3. The molecule has 8 nitrogen and oxygen atoms in total. The van der Waals surface area contributed by atoms with Crippen molar-refractivity contribution in [1.29, 1.82) is 0 Å². The van der Waals surface area contributed by atoms with Crippen LogP contribution in [0.1, 0.15) is 38.1 Å². The van der Waals surface area contributed by atoms with Gasteiger partial charge in [0.25, 0.3) is 0 Å². The molecule has 23 heavy (non-hydrogen) atoms. The molecule has 3 rings (SSSR count). The maximum atomic E-state index is 12.9. The van der Waals surface area contributed by atoms with Crippen LogP contribution in [0.15, 0.2) is 12.7 Å². The normalized spacial score (nSPS) is 27.1. The minimum atomic E-state index is -3.36. The van der Waals surface area contributed by atoms with Gasteiger partial charge in [-0.25, -0.2) is 18.1 Å². The van der Waals surface area contributed by atoms with E-state index in [2.05, 4.69) is 10.1 Å². The van der Waals surface area contributed by atoms with Gasteiger partial charge in [0.1, 0.15) is 18.7 Å². The Morgan fingerprint density at radius 3 is 2.70 bits per heavy atom. The third-order valence-corrected chi connectivity index (χ3v) is 5.97. The van der Waals surface area contributed by atoms with Crippen molar-refractivity contribution in [2.24, 2.45) is 0 Å². The van der Waals surface area contributed by atoms with Crippen LogP contribution in [0.5, 0.6) is 0 Å². The molecule has 3 heterocycles.